The van der Waals surface area contributed by atoms with E-state index in [-0.39, 0.29) is 0 Å². The molecule has 0 N–H and O–H groups in total. The predicted octanol–water partition coefficient (Wildman–Crippen LogP) is 1.07. The number of hydrogen-bond acceptors (Lipinski definition) is 2. The molecule has 2 heterocycles. The van der Waals surface area contributed by atoms with Crippen LogP contribution in [0.3, 0.4) is 0 Å². The molecular weight excluding hydrogens is 192 g/mol. The molecule has 2 aliphatic rings. The monoisotopic (exact) mass is 204 g/mol. The second-order valence-corrected chi connectivity index (χ2v) is 4.27. The number of halogens is 1. The number of likely N-dealkylation sites (N-methyl/N-ethyl adjacent to an activating group) is 1. The molecule has 0 aliphatic carbocycles. The summed E-state index contributed by atoms with van der Waals surface area (Å²) in [6.07, 6.45) is 2.75. The molecule has 0 aromatic heterocycles. The zero-order valence-electron chi connectivity index (χ0n) is 6.26. The Balaban J connectivity index is 2.09. The van der Waals surface area contributed by atoms with Gasteiger partial charge >= 0.3 is 0 Å². The average Bonchev–Trinajstić information content (AvgIpc) is 2.20. The number of nitrogens with zero attached hydrogens (tertiary/aromatic N) is 2. The van der Waals surface area contributed by atoms with E-state index in [0.29, 0.717) is 0 Å². The van der Waals surface area contributed by atoms with Crippen LogP contribution in [0.15, 0.2) is 0 Å². The van der Waals surface area contributed by atoms with E-state index < -0.39 is 0 Å². The minimum atomic E-state index is 0.781. The first-order valence-corrected chi connectivity index (χ1v) is 4.61. The fourth-order valence-electron chi connectivity index (χ4n) is 2.06. The van der Waals surface area contributed by atoms with E-state index in [2.05, 4.69) is 32.0 Å². The summed E-state index contributed by atoms with van der Waals surface area (Å²) in [7, 11) is 2.21. The summed E-state index contributed by atoms with van der Waals surface area (Å²) < 4.78 is 2.37. The van der Waals surface area contributed by atoms with Crippen molar-refractivity contribution in [3.63, 3.8) is 0 Å². The molecule has 58 valence electrons. The number of hydrogen-bond donors (Lipinski definition) is 0. The van der Waals surface area contributed by atoms with Gasteiger partial charge in [-0.3, -0.25) is 0 Å². The van der Waals surface area contributed by atoms with Crippen molar-refractivity contribution in [1.29, 1.82) is 0 Å². The van der Waals surface area contributed by atoms with Crippen LogP contribution >= 0.6 is 16.1 Å². The molecule has 2 nitrogen and oxygen atoms in total. The molecule has 2 atom stereocenters. The zero-order valence-corrected chi connectivity index (χ0v) is 7.84. The van der Waals surface area contributed by atoms with Crippen LogP contribution in [0.5, 0.6) is 0 Å². The van der Waals surface area contributed by atoms with Crippen molar-refractivity contribution in [2.24, 2.45) is 0 Å². The normalized spacial score (nSPS) is 42.6. The fourth-order valence-corrected chi connectivity index (χ4v) is 2.73. The molecule has 0 spiro atoms. The van der Waals surface area contributed by atoms with Crippen LogP contribution in [0.25, 0.3) is 0 Å². The van der Waals surface area contributed by atoms with E-state index in [1.807, 2.05) is 0 Å². The lowest BCUT2D eigenvalue weighted by Gasteiger charge is -2.34. The highest BCUT2D eigenvalue weighted by atomic mass is 79.9. The summed E-state index contributed by atoms with van der Waals surface area (Å²) in [5, 5.41) is 0. The van der Waals surface area contributed by atoms with E-state index in [9.17, 15) is 0 Å². The molecule has 2 unspecified atom stereocenters. The molecule has 2 aliphatic heterocycles. The maximum Gasteiger partial charge on any atom is 0.0337 e. The third-order valence-electron chi connectivity index (χ3n) is 2.58. The van der Waals surface area contributed by atoms with Gasteiger partial charge in [-0.2, -0.15) is 0 Å². The summed E-state index contributed by atoms with van der Waals surface area (Å²) in [6.45, 7) is 2.48. The zero-order chi connectivity index (χ0) is 7.14. The molecule has 0 radical (unpaired) electrons. The Morgan fingerprint density at radius 3 is 2.20 bits per heavy atom. The van der Waals surface area contributed by atoms with Crippen molar-refractivity contribution in [1.82, 2.24) is 8.83 Å². The molecular formula is C7H13BrN2. The maximum atomic E-state index is 3.62. The number of likely N-dealkylation sites (tertiary alicyclic amines) is 1. The Kier molecular flexibility index (Phi) is 1.74. The topological polar surface area (TPSA) is 6.48 Å². The van der Waals surface area contributed by atoms with Crippen molar-refractivity contribution >= 4 is 16.1 Å². The van der Waals surface area contributed by atoms with Crippen LogP contribution in [-0.4, -0.2) is 41.0 Å². The SMILES string of the molecule is CN1CC2CCC(C1)N2Br. The highest BCUT2D eigenvalue weighted by Gasteiger charge is 2.37. The quantitative estimate of drug-likeness (QED) is 0.546. The number of rotatable bonds is 0. The van der Waals surface area contributed by atoms with Gasteiger partial charge in [-0.25, -0.2) is 3.93 Å². The van der Waals surface area contributed by atoms with E-state index in [1.54, 1.807) is 0 Å². The Labute approximate surface area is 70.5 Å². The largest absolute Gasteiger partial charge is 0.303 e. The van der Waals surface area contributed by atoms with E-state index in [4.69, 9.17) is 0 Å². The van der Waals surface area contributed by atoms with Gasteiger partial charge in [0.15, 0.2) is 0 Å². The van der Waals surface area contributed by atoms with Gasteiger partial charge in [-0.15, -0.1) is 0 Å². The highest BCUT2D eigenvalue weighted by molar-refractivity contribution is 9.07. The molecule has 10 heavy (non-hydrogen) atoms. The Bertz CT molecular complexity index is 126. The Hall–Kier alpha value is 0.400. The van der Waals surface area contributed by atoms with Crippen LogP contribution < -0.4 is 0 Å². The van der Waals surface area contributed by atoms with E-state index in [1.165, 1.54) is 25.9 Å². The third-order valence-corrected chi connectivity index (χ3v) is 3.73. The van der Waals surface area contributed by atoms with Gasteiger partial charge in [0, 0.05) is 41.3 Å². The van der Waals surface area contributed by atoms with Crippen molar-refractivity contribution < 1.29 is 0 Å². The Morgan fingerprint density at radius 2 is 1.70 bits per heavy atom. The number of fused-ring (bicyclic) bond motifs is 2. The van der Waals surface area contributed by atoms with Gasteiger partial charge < -0.3 is 4.90 Å². The van der Waals surface area contributed by atoms with Crippen LogP contribution in [0, 0.1) is 0 Å². The molecule has 0 amide bonds. The smallest absolute Gasteiger partial charge is 0.0337 e. The van der Waals surface area contributed by atoms with Crippen molar-refractivity contribution in [2.75, 3.05) is 20.1 Å². The number of piperazine rings is 1. The van der Waals surface area contributed by atoms with Gasteiger partial charge in [0.05, 0.1) is 0 Å². The summed E-state index contributed by atoms with van der Waals surface area (Å²) in [6, 6.07) is 1.56. The lowest BCUT2D eigenvalue weighted by molar-refractivity contribution is 0.170. The van der Waals surface area contributed by atoms with Crippen molar-refractivity contribution in [2.45, 2.75) is 24.9 Å². The third kappa shape index (κ3) is 1.00. The van der Waals surface area contributed by atoms with Gasteiger partial charge in [0.25, 0.3) is 0 Å². The second kappa shape index (κ2) is 2.47. The van der Waals surface area contributed by atoms with Crippen LogP contribution in [0.2, 0.25) is 0 Å². The Morgan fingerprint density at radius 1 is 1.20 bits per heavy atom. The second-order valence-electron chi connectivity index (χ2n) is 3.45. The minimum absolute atomic E-state index is 0.781. The first kappa shape index (κ1) is 7.07. The molecule has 2 saturated heterocycles. The van der Waals surface area contributed by atoms with Gasteiger partial charge in [-0.1, -0.05) is 0 Å². The first-order valence-electron chi connectivity index (χ1n) is 3.90. The highest BCUT2D eigenvalue weighted by Crippen LogP contribution is 2.31. The lowest BCUT2D eigenvalue weighted by atomic mass is 10.2. The molecule has 2 bridgehead atoms. The van der Waals surface area contributed by atoms with Crippen molar-refractivity contribution in [3.8, 4) is 0 Å². The molecule has 0 saturated carbocycles. The molecule has 2 rings (SSSR count). The van der Waals surface area contributed by atoms with Crippen molar-refractivity contribution in [3.05, 3.63) is 0 Å². The summed E-state index contributed by atoms with van der Waals surface area (Å²) in [4.78, 5) is 2.43. The van der Waals surface area contributed by atoms with Crippen LogP contribution in [-0.2, 0) is 0 Å². The summed E-state index contributed by atoms with van der Waals surface area (Å²) >= 11 is 3.62. The molecule has 2 fully saturated rings. The van der Waals surface area contributed by atoms with Crippen LogP contribution in [0.4, 0.5) is 0 Å². The van der Waals surface area contributed by atoms with Gasteiger partial charge in [-0.05, 0) is 19.9 Å². The lowest BCUT2D eigenvalue weighted by Crippen LogP contribution is -2.47. The fraction of sp³-hybridized carbons (Fsp3) is 1.00. The van der Waals surface area contributed by atoms with Crippen LogP contribution in [0.1, 0.15) is 12.8 Å². The summed E-state index contributed by atoms with van der Waals surface area (Å²) in [5.41, 5.74) is 0. The average molecular weight is 205 g/mol. The summed E-state index contributed by atoms with van der Waals surface area (Å²) in [5.74, 6) is 0. The van der Waals surface area contributed by atoms with Gasteiger partial charge in [0.1, 0.15) is 0 Å². The maximum absolute atomic E-state index is 3.62. The molecule has 0 aromatic rings. The van der Waals surface area contributed by atoms with Gasteiger partial charge in [0.2, 0.25) is 0 Å². The predicted molar refractivity (Wildman–Crippen MR) is 45.1 cm³/mol. The minimum Gasteiger partial charge on any atom is -0.303 e. The van der Waals surface area contributed by atoms with E-state index >= 15 is 0 Å². The molecule has 3 heteroatoms. The standard InChI is InChI=1S/C7H13BrN2/c1-9-4-6-2-3-7(5-9)10(6)8/h6-7H,2-5H2,1H3. The van der Waals surface area contributed by atoms with E-state index in [0.717, 1.165) is 12.1 Å². The molecule has 0 aromatic carbocycles. The first-order chi connectivity index (χ1) is 4.77.